The van der Waals surface area contributed by atoms with Crippen LogP contribution in [0.25, 0.3) is 0 Å². The van der Waals surface area contributed by atoms with Crippen LogP contribution >= 0.6 is 0 Å². The van der Waals surface area contributed by atoms with Crippen molar-refractivity contribution in [2.45, 2.75) is 38.1 Å². The molecule has 4 nitrogen and oxygen atoms in total. The van der Waals surface area contributed by atoms with Crippen LogP contribution in [0.3, 0.4) is 0 Å². The summed E-state index contributed by atoms with van der Waals surface area (Å²) >= 11 is 0. The first kappa shape index (κ1) is 13.1. The first-order valence-corrected chi connectivity index (χ1v) is 6.33. The van der Waals surface area contributed by atoms with Gasteiger partial charge in [-0.1, -0.05) is 30.3 Å². The highest BCUT2D eigenvalue weighted by molar-refractivity contribution is 5.71. The van der Waals surface area contributed by atoms with Crippen molar-refractivity contribution in [1.29, 1.82) is 0 Å². The maximum Gasteiger partial charge on any atom is 0.308 e. The highest BCUT2D eigenvalue weighted by Crippen LogP contribution is 2.21. The van der Waals surface area contributed by atoms with E-state index < -0.39 is 0 Å². The fourth-order valence-corrected chi connectivity index (χ4v) is 2.12. The van der Waals surface area contributed by atoms with Crippen molar-refractivity contribution in [3.8, 4) is 0 Å². The van der Waals surface area contributed by atoms with Gasteiger partial charge in [0.1, 0.15) is 6.10 Å². The molecule has 1 aromatic rings. The summed E-state index contributed by atoms with van der Waals surface area (Å²) < 4.78 is 11.0. The average Bonchev–Trinajstić information content (AvgIpc) is 2.37. The number of ether oxygens (including phenoxy) is 2. The van der Waals surface area contributed by atoms with Crippen molar-refractivity contribution in [1.82, 2.24) is 0 Å². The van der Waals surface area contributed by atoms with Crippen molar-refractivity contribution in [2.24, 2.45) is 5.73 Å². The summed E-state index contributed by atoms with van der Waals surface area (Å²) in [6.45, 7) is 1.07. The molecule has 1 aliphatic rings. The van der Waals surface area contributed by atoms with Crippen LogP contribution in [0, 0.1) is 0 Å². The second-order valence-corrected chi connectivity index (χ2v) is 4.55. The van der Waals surface area contributed by atoms with E-state index in [0.29, 0.717) is 26.0 Å². The Hall–Kier alpha value is -1.39. The first-order valence-electron chi connectivity index (χ1n) is 6.33. The monoisotopic (exact) mass is 249 g/mol. The van der Waals surface area contributed by atoms with E-state index in [1.807, 2.05) is 30.3 Å². The molecule has 0 aliphatic carbocycles. The zero-order valence-corrected chi connectivity index (χ0v) is 10.4. The fourth-order valence-electron chi connectivity index (χ4n) is 2.12. The van der Waals surface area contributed by atoms with E-state index >= 15 is 0 Å². The van der Waals surface area contributed by atoms with Gasteiger partial charge in [0.05, 0.1) is 19.1 Å². The third kappa shape index (κ3) is 3.82. The number of rotatable bonds is 5. The average molecular weight is 249 g/mol. The Morgan fingerprint density at radius 2 is 2.11 bits per heavy atom. The van der Waals surface area contributed by atoms with Crippen molar-refractivity contribution >= 4 is 5.97 Å². The van der Waals surface area contributed by atoms with E-state index in [4.69, 9.17) is 15.2 Å². The summed E-state index contributed by atoms with van der Waals surface area (Å²) in [5.74, 6) is -0.183. The van der Waals surface area contributed by atoms with Gasteiger partial charge in [-0.3, -0.25) is 4.79 Å². The lowest BCUT2D eigenvalue weighted by Gasteiger charge is -2.28. The Morgan fingerprint density at radius 1 is 1.33 bits per heavy atom. The van der Waals surface area contributed by atoms with Crippen molar-refractivity contribution in [2.75, 3.05) is 6.54 Å². The minimum atomic E-state index is -0.183. The number of benzene rings is 1. The zero-order chi connectivity index (χ0) is 12.8. The van der Waals surface area contributed by atoms with E-state index in [-0.39, 0.29) is 18.2 Å². The number of cyclic esters (lactones) is 1. The molecule has 1 fully saturated rings. The lowest BCUT2D eigenvalue weighted by molar-refractivity contribution is -0.163. The van der Waals surface area contributed by atoms with E-state index in [1.54, 1.807) is 0 Å². The van der Waals surface area contributed by atoms with Crippen LogP contribution in [-0.4, -0.2) is 24.7 Å². The minimum absolute atomic E-state index is 0.0528. The molecule has 2 atom stereocenters. The van der Waals surface area contributed by atoms with Gasteiger partial charge in [0.25, 0.3) is 0 Å². The second-order valence-electron chi connectivity index (χ2n) is 4.55. The third-order valence-electron chi connectivity index (χ3n) is 3.04. The van der Waals surface area contributed by atoms with Gasteiger partial charge in [0, 0.05) is 6.42 Å². The molecule has 4 heteroatoms. The Kier molecular flexibility index (Phi) is 4.73. The highest BCUT2D eigenvalue weighted by Gasteiger charge is 2.28. The zero-order valence-electron chi connectivity index (χ0n) is 10.4. The second kappa shape index (κ2) is 6.52. The lowest BCUT2D eigenvalue weighted by Crippen LogP contribution is -2.35. The lowest BCUT2D eigenvalue weighted by atomic mass is 10.0. The fraction of sp³-hybridized carbons (Fsp3) is 0.500. The number of nitrogens with two attached hydrogens (primary N) is 1. The van der Waals surface area contributed by atoms with Crippen LogP contribution in [-0.2, 0) is 20.9 Å². The van der Waals surface area contributed by atoms with E-state index in [9.17, 15) is 4.79 Å². The van der Waals surface area contributed by atoms with Crippen molar-refractivity contribution in [3.05, 3.63) is 35.9 Å². The molecular weight excluding hydrogens is 230 g/mol. The van der Waals surface area contributed by atoms with Crippen LogP contribution in [0.2, 0.25) is 0 Å². The smallest absolute Gasteiger partial charge is 0.308 e. The van der Waals surface area contributed by atoms with E-state index in [0.717, 1.165) is 12.0 Å². The molecule has 18 heavy (non-hydrogen) atoms. The van der Waals surface area contributed by atoms with Crippen LogP contribution in [0.15, 0.2) is 30.3 Å². The van der Waals surface area contributed by atoms with E-state index in [1.165, 1.54) is 0 Å². The number of esters is 1. The minimum Gasteiger partial charge on any atom is -0.462 e. The normalized spacial score (nSPS) is 23.7. The summed E-state index contributed by atoms with van der Waals surface area (Å²) in [7, 11) is 0. The first-order chi connectivity index (χ1) is 8.78. The molecule has 2 rings (SSSR count). The summed E-state index contributed by atoms with van der Waals surface area (Å²) in [6.07, 6.45) is 1.65. The van der Waals surface area contributed by atoms with Crippen LogP contribution in [0.4, 0.5) is 0 Å². The van der Waals surface area contributed by atoms with Gasteiger partial charge < -0.3 is 15.2 Å². The highest BCUT2D eigenvalue weighted by atomic mass is 16.6. The quantitative estimate of drug-likeness (QED) is 0.806. The number of hydrogen-bond donors (Lipinski definition) is 1. The van der Waals surface area contributed by atoms with Gasteiger partial charge in [0.2, 0.25) is 0 Å². The van der Waals surface area contributed by atoms with Crippen LogP contribution < -0.4 is 5.73 Å². The largest absolute Gasteiger partial charge is 0.462 e. The van der Waals surface area contributed by atoms with Crippen molar-refractivity contribution < 1.29 is 14.3 Å². The van der Waals surface area contributed by atoms with Gasteiger partial charge in [-0.05, 0) is 18.5 Å². The summed E-state index contributed by atoms with van der Waals surface area (Å²) in [5.41, 5.74) is 6.60. The Balaban J connectivity index is 1.83. The van der Waals surface area contributed by atoms with Gasteiger partial charge in [0.15, 0.2) is 0 Å². The molecule has 0 saturated carbocycles. The Morgan fingerprint density at radius 3 is 2.83 bits per heavy atom. The van der Waals surface area contributed by atoms with Gasteiger partial charge >= 0.3 is 5.97 Å². The molecular formula is C14H19NO3. The van der Waals surface area contributed by atoms with Gasteiger partial charge in [-0.2, -0.15) is 0 Å². The Bertz CT molecular complexity index is 380. The van der Waals surface area contributed by atoms with Crippen molar-refractivity contribution in [3.63, 3.8) is 0 Å². The van der Waals surface area contributed by atoms with Crippen LogP contribution in [0.1, 0.15) is 24.8 Å². The molecule has 0 spiro atoms. The molecule has 2 N–H and O–H groups in total. The summed E-state index contributed by atoms with van der Waals surface area (Å²) in [6, 6.07) is 9.95. The van der Waals surface area contributed by atoms with Gasteiger partial charge in [-0.25, -0.2) is 0 Å². The maximum absolute atomic E-state index is 11.4. The molecule has 1 aromatic carbocycles. The predicted octanol–water partition coefficient (Wildman–Crippen LogP) is 1.63. The van der Waals surface area contributed by atoms with Crippen LogP contribution in [0.5, 0.6) is 0 Å². The molecule has 0 bridgehead atoms. The predicted molar refractivity (Wildman–Crippen MR) is 67.8 cm³/mol. The van der Waals surface area contributed by atoms with E-state index in [2.05, 4.69) is 0 Å². The van der Waals surface area contributed by atoms with Gasteiger partial charge in [-0.15, -0.1) is 0 Å². The maximum atomic E-state index is 11.4. The Labute approximate surface area is 107 Å². The number of hydrogen-bond acceptors (Lipinski definition) is 4. The molecule has 98 valence electrons. The topological polar surface area (TPSA) is 61.5 Å². The molecule has 1 heterocycles. The molecule has 2 unspecified atom stereocenters. The standard InChI is InChI=1S/C14H19NO3/c15-7-6-12-8-13(9-14(16)18-12)17-10-11-4-2-1-3-5-11/h1-5,12-13H,6-10,15H2. The molecule has 1 saturated heterocycles. The number of carbonyl (C=O) groups is 1. The molecule has 0 amide bonds. The molecule has 1 aliphatic heterocycles. The third-order valence-corrected chi connectivity index (χ3v) is 3.04. The summed E-state index contributed by atoms with van der Waals surface area (Å²) in [5, 5.41) is 0. The molecule has 0 aromatic heterocycles. The molecule has 0 radical (unpaired) electrons. The SMILES string of the molecule is NCCC1CC(OCc2ccccc2)CC(=O)O1. The number of carbonyl (C=O) groups excluding carboxylic acids is 1. The summed E-state index contributed by atoms with van der Waals surface area (Å²) in [4.78, 5) is 11.4.